The van der Waals surface area contributed by atoms with Gasteiger partial charge < -0.3 is 5.32 Å². The van der Waals surface area contributed by atoms with Gasteiger partial charge in [-0.25, -0.2) is 4.39 Å². The molecule has 30 valence electrons. The number of hydrogen-bond acceptors (Lipinski definition) is 0. The van der Waals surface area contributed by atoms with E-state index in [2.05, 4.69) is 0 Å². The van der Waals surface area contributed by atoms with E-state index in [1.807, 2.05) is 5.32 Å². The lowest BCUT2D eigenvalue weighted by Crippen LogP contribution is -2.97. The lowest BCUT2D eigenvalue weighted by atomic mass is 10.3. The predicted octanol–water partition coefficient (Wildman–Crippen LogP) is -1.10. The highest BCUT2D eigenvalue weighted by atomic mass is 19.1. The average Bonchev–Trinajstić information content (AvgIpc) is 1.30. The van der Waals surface area contributed by atoms with Gasteiger partial charge in [-0.15, -0.1) is 0 Å². The largest absolute Gasteiger partial charge is 0.341 e. The van der Waals surface area contributed by atoms with Crippen molar-refractivity contribution in [1.29, 1.82) is 0 Å². The molecule has 0 unspecified atom stereocenters. The molecule has 5 heavy (non-hydrogen) atoms. The van der Waals surface area contributed by atoms with E-state index in [0.717, 1.165) is 0 Å². The second-order valence-electron chi connectivity index (χ2n) is 1.36. The van der Waals surface area contributed by atoms with Crippen LogP contribution in [0.25, 0.3) is 0 Å². The van der Waals surface area contributed by atoms with Gasteiger partial charge in [0, 0.05) is 0 Å². The summed E-state index contributed by atoms with van der Waals surface area (Å²) in [6, 6.07) is 0. The van der Waals surface area contributed by atoms with Crippen LogP contribution < -0.4 is 5.32 Å². The first-order valence-corrected chi connectivity index (χ1v) is 1.85. The van der Waals surface area contributed by atoms with Crippen molar-refractivity contribution in [3.63, 3.8) is 0 Å². The first kappa shape index (κ1) is 3.09. The van der Waals surface area contributed by atoms with Gasteiger partial charge in [-0.2, -0.15) is 0 Å². The van der Waals surface area contributed by atoms with Crippen LogP contribution in [0.15, 0.2) is 0 Å². The molecule has 0 amide bonds. The van der Waals surface area contributed by atoms with Crippen LogP contribution in [-0.4, -0.2) is 19.3 Å². The van der Waals surface area contributed by atoms with E-state index in [1.54, 1.807) is 0 Å². The summed E-state index contributed by atoms with van der Waals surface area (Å²) in [4.78, 5) is 0. The Morgan fingerprint density at radius 2 is 2.00 bits per heavy atom. The minimum Gasteiger partial charge on any atom is -0.341 e. The SMILES string of the molecule is FC1C[NH2+]C1. The third-order valence-electron chi connectivity index (χ3n) is 0.845. The van der Waals surface area contributed by atoms with Crippen molar-refractivity contribution in [2.45, 2.75) is 6.17 Å². The summed E-state index contributed by atoms with van der Waals surface area (Å²) in [7, 11) is 0. The Morgan fingerprint density at radius 3 is 2.00 bits per heavy atom. The van der Waals surface area contributed by atoms with Crippen molar-refractivity contribution in [2.24, 2.45) is 0 Å². The van der Waals surface area contributed by atoms with Gasteiger partial charge >= 0.3 is 0 Å². The number of nitrogens with two attached hydrogens (primary N) is 1. The van der Waals surface area contributed by atoms with Gasteiger partial charge in [0.25, 0.3) is 0 Å². The van der Waals surface area contributed by atoms with Crippen molar-refractivity contribution >= 4 is 0 Å². The highest BCUT2D eigenvalue weighted by Gasteiger charge is 2.18. The van der Waals surface area contributed by atoms with Crippen LogP contribution in [0.5, 0.6) is 0 Å². The van der Waals surface area contributed by atoms with Crippen molar-refractivity contribution in [3.8, 4) is 0 Å². The minimum atomic E-state index is -0.491. The highest BCUT2D eigenvalue weighted by Crippen LogP contribution is 1.83. The van der Waals surface area contributed by atoms with Crippen LogP contribution in [0.3, 0.4) is 0 Å². The molecule has 0 aromatic heterocycles. The Balaban J connectivity index is 2.08. The molecule has 0 bridgehead atoms. The molecule has 0 atom stereocenters. The number of rotatable bonds is 0. The molecule has 0 saturated carbocycles. The van der Waals surface area contributed by atoms with Crippen LogP contribution in [-0.2, 0) is 0 Å². The van der Waals surface area contributed by atoms with Crippen molar-refractivity contribution in [1.82, 2.24) is 0 Å². The van der Waals surface area contributed by atoms with E-state index in [0.29, 0.717) is 13.1 Å². The van der Waals surface area contributed by atoms with Gasteiger partial charge in [-0.3, -0.25) is 0 Å². The number of halogens is 1. The molecule has 1 aliphatic rings. The van der Waals surface area contributed by atoms with Crippen LogP contribution in [0.2, 0.25) is 0 Å². The normalized spacial score (nSPS) is 25.8. The predicted molar refractivity (Wildman–Crippen MR) is 16.6 cm³/mol. The fraction of sp³-hybridized carbons (Fsp3) is 1.00. The van der Waals surface area contributed by atoms with E-state index in [-0.39, 0.29) is 0 Å². The molecular formula is C3H7FN+. The summed E-state index contributed by atoms with van der Waals surface area (Å²) in [6.07, 6.45) is -0.491. The third-order valence-corrected chi connectivity index (χ3v) is 0.845. The Kier molecular flexibility index (Phi) is 0.580. The topological polar surface area (TPSA) is 16.6 Å². The zero-order valence-electron chi connectivity index (χ0n) is 2.95. The molecule has 0 spiro atoms. The summed E-state index contributed by atoms with van der Waals surface area (Å²) in [5.41, 5.74) is 0. The average molecular weight is 76.1 g/mol. The quantitative estimate of drug-likeness (QED) is 0.377. The molecule has 0 aromatic carbocycles. The van der Waals surface area contributed by atoms with E-state index in [4.69, 9.17) is 0 Å². The van der Waals surface area contributed by atoms with Crippen molar-refractivity contribution in [2.75, 3.05) is 13.1 Å². The third kappa shape index (κ3) is 0.401. The summed E-state index contributed by atoms with van der Waals surface area (Å²) in [6.45, 7) is 1.39. The second kappa shape index (κ2) is 0.937. The Labute approximate surface area is 30.2 Å². The molecule has 1 heterocycles. The maximum atomic E-state index is 11.5. The van der Waals surface area contributed by atoms with Crippen LogP contribution in [0.1, 0.15) is 0 Å². The fourth-order valence-electron chi connectivity index (χ4n) is 0.293. The number of alkyl halides is 1. The van der Waals surface area contributed by atoms with Gasteiger partial charge in [0.05, 0.1) is 0 Å². The molecule has 1 saturated heterocycles. The monoisotopic (exact) mass is 76.1 g/mol. The van der Waals surface area contributed by atoms with E-state index >= 15 is 0 Å². The summed E-state index contributed by atoms with van der Waals surface area (Å²) in [5.74, 6) is 0. The van der Waals surface area contributed by atoms with Gasteiger partial charge in [-0.05, 0) is 0 Å². The van der Waals surface area contributed by atoms with Gasteiger partial charge in [0.15, 0.2) is 6.17 Å². The molecule has 2 N–H and O–H groups in total. The smallest absolute Gasteiger partial charge is 0.197 e. The van der Waals surface area contributed by atoms with Crippen LogP contribution in [0.4, 0.5) is 4.39 Å². The lowest BCUT2D eigenvalue weighted by Gasteiger charge is -2.12. The van der Waals surface area contributed by atoms with Gasteiger partial charge in [0.2, 0.25) is 0 Å². The molecule has 1 nitrogen and oxygen atoms in total. The minimum absolute atomic E-state index is 0.491. The second-order valence-corrected chi connectivity index (χ2v) is 1.36. The van der Waals surface area contributed by atoms with Crippen LogP contribution >= 0.6 is 0 Å². The molecule has 1 aliphatic heterocycles. The Bertz CT molecular complexity index is 33.9. The molecule has 0 aliphatic carbocycles. The van der Waals surface area contributed by atoms with E-state index in [9.17, 15) is 4.39 Å². The van der Waals surface area contributed by atoms with Crippen molar-refractivity contribution in [3.05, 3.63) is 0 Å². The first-order chi connectivity index (χ1) is 2.39. The maximum absolute atomic E-state index is 11.5. The van der Waals surface area contributed by atoms with E-state index < -0.39 is 6.17 Å². The van der Waals surface area contributed by atoms with Crippen LogP contribution in [0, 0.1) is 0 Å². The fourth-order valence-corrected chi connectivity index (χ4v) is 0.293. The van der Waals surface area contributed by atoms with E-state index in [1.165, 1.54) is 0 Å². The highest BCUT2D eigenvalue weighted by molar-refractivity contribution is 4.53. The summed E-state index contributed by atoms with van der Waals surface area (Å²) < 4.78 is 11.5. The van der Waals surface area contributed by atoms with Crippen molar-refractivity contribution < 1.29 is 9.71 Å². The number of hydrogen-bond donors (Lipinski definition) is 1. The molecule has 2 heteroatoms. The zero-order valence-corrected chi connectivity index (χ0v) is 2.95. The summed E-state index contributed by atoms with van der Waals surface area (Å²) in [5, 5.41) is 1.95. The zero-order chi connectivity index (χ0) is 3.70. The number of quaternary nitrogens is 1. The first-order valence-electron chi connectivity index (χ1n) is 1.85. The molecule has 1 rings (SSSR count). The Hall–Kier alpha value is -0.110. The molecular weight excluding hydrogens is 69.0 g/mol. The maximum Gasteiger partial charge on any atom is 0.197 e. The van der Waals surface area contributed by atoms with Gasteiger partial charge in [0.1, 0.15) is 13.1 Å². The standard InChI is InChI=1S/C3H6FN/c4-3-1-5-2-3/h3,5H,1-2H2/p+1. The Morgan fingerprint density at radius 1 is 1.60 bits per heavy atom. The molecule has 1 fully saturated rings. The molecule has 0 radical (unpaired) electrons. The molecule has 0 aromatic rings. The lowest BCUT2D eigenvalue weighted by molar-refractivity contribution is -0.718. The summed E-state index contributed by atoms with van der Waals surface area (Å²) >= 11 is 0. The van der Waals surface area contributed by atoms with Gasteiger partial charge in [-0.1, -0.05) is 0 Å².